The Kier molecular flexibility index (Phi) is 3.25. The summed E-state index contributed by atoms with van der Waals surface area (Å²) in [5.41, 5.74) is -0.538. The molecule has 0 aliphatic carbocycles. The number of likely N-dealkylation sites (tertiary alicyclic amines) is 1. The fourth-order valence-corrected chi connectivity index (χ4v) is 1.49. The third kappa shape index (κ3) is 3.14. The number of aliphatic hydroxyl groups excluding tert-OH is 1. The zero-order valence-electron chi connectivity index (χ0n) is 9.36. The van der Waals surface area contributed by atoms with Gasteiger partial charge in [-0.25, -0.2) is 4.79 Å². The monoisotopic (exact) mass is 211 g/mol. The highest BCUT2D eigenvalue weighted by atomic mass is 16.6. The number of amides is 1. The van der Waals surface area contributed by atoms with E-state index in [0.29, 0.717) is 6.42 Å². The van der Waals surface area contributed by atoms with Gasteiger partial charge in [0.1, 0.15) is 5.60 Å². The van der Waals surface area contributed by atoms with Crippen molar-refractivity contribution in [2.24, 2.45) is 0 Å². The Bertz CT molecular complexity index is 287. The van der Waals surface area contributed by atoms with Crippen LogP contribution >= 0.6 is 0 Å². The highest BCUT2D eigenvalue weighted by Gasteiger charge is 2.35. The smallest absolute Gasteiger partial charge is 0.411 e. The fourth-order valence-electron chi connectivity index (χ4n) is 1.49. The number of carbonyl (C=O) groups excluding carboxylic acids is 1. The molecule has 4 heteroatoms. The van der Waals surface area contributed by atoms with Gasteiger partial charge in [-0.05, 0) is 20.8 Å². The van der Waals surface area contributed by atoms with Crippen LogP contribution in [0, 0.1) is 12.3 Å². The van der Waals surface area contributed by atoms with Crippen LogP contribution in [0.3, 0.4) is 0 Å². The average Bonchev–Trinajstić information content (AvgIpc) is 2.43. The molecule has 84 valence electrons. The molecule has 4 nitrogen and oxygen atoms in total. The maximum absolute atomic E-state index is 11.7. The summed E-state index contributed by atoms with van der Waals surface area (Å²) in [6, 6.07) is -0.352. The summed E-state index contributed by atoms with van der Waals surface area (Å²) in [7, 11) is 0. The van der Waals surface area contributed by atoms with Crippen LogP contribution < -0.4 is 0 Å². The second-order valence-corrected chi connectivity index (χ2v) is 4.70. The predicted octanol–water partition coefficient (Wildman–Crippen LogP) is 0.990. The van der Waals surface area contributed by atoms with E-state index < -0.39 is 17.8 Å². The lowest BCUT2D eigenvalue weighted by molar-refractivity contribution is 0.0239. The van der Waals surface area contributed by atoms with Crippen molar-refractivity contribution in [1.82, 2.24) is 4.90 Å². The first-order valence-corrected chi connectivity index (χ1v) is 4.97. The molecule has 0 bridgehead atoms. The van der Waals surface area contributed by atoms with E-state index in [4.69, 9.17) is 11.2 Å². The molecule has 1 heterocycles. The van der Waals surface area contributed by atoms with E-state index >= 15 is 0 Å². The lowest BCUT2D eigenvalue weighted by Crippen LogP contribution is -2.39. The summed E-state index contributed by atoms with van der Waals surface area (Å²) >= 11 is 0. The van der Waals surface area contributed by atoms with E-state index in [1.807, 2.05) is 0 Å². The molecule has 1 aliphatic heterocycles. The normalized spacial score (nSPS) is 26.2. The van der Waals surface area contributed by atoms with Crippen LogP contribution in [-0.4, -0.2) is 40.4 Å². The molecule has 0 aromatic rings. The molecular formula is C11H17NO3. The molecule has 1 N–H and O–H groups in total. The molecule has 0 aromatic heterocycles. The SMILES string of the molecule is C#C[C@@H]1C[C@@H](O)CN1C(=O)OC(C)(C)C. The largest absolute Gasteiger partial charge is 0.444 e. The highest BCUT2D eigenvalue weighted by Crippen LogP contribution is 2.20. The Labute approximate surface area is 90.2 Å². The minimum atomic E-state index is -0.543. The minimum absolute atomic E-state index is 0.254. The van der Waals surface area contributed by atoms with E-state index in [0.717, 1.165) is 0 Å². The van der Waals surface area contributed by atoms with Crippen molar-refractivity contribution in [3.05, 3.63) is 0 Å². The minimum Gasteiger partial charge on any atom is -0.444 e. The van der Waals surface area contributed by atoms with Gasteiger partial charge in [0.2, 0.25) is 0 Å². The number of nitrogens with zero attached hydrogens (tertiary/aromatic N) is 1. The summed E-state index contributed by atoms with van der Waals surface area (Å²) < 4.78 is 5.18. The summed E-state index contributed by atoms with van der Waals surface area (Å²) in [5.74, 6) is 2.48. The maximum atomic E-state index is 11.7. The van der Waals surface area contributed by atoms with Crippen molar-refractivity contribution < 1.29 is 14.6 Å². The topological polar surface area (TPSA) is 49.8 Å². The van der Waals surface area contributed by atoms with E-state index in [9.17, 15) is 9.90 Å². The molecule has 1 amide bonds. The first-order chi connectivity index (χ1) is 6.83. The van der Waals surface area contributed by atoms with Crippen LogP contribution in [0.4, 0.5) is 4.79 Å². The Morgan fingerprint density at radius 2 is 2.20 bits per heavy atom. The quantitative estimate of drug-likeness (QED) is 0.608. The zero-order valence-corrected chi connectivity index (χ0v) is 9.36. The van der Waals surface area contributed by atoms with Gasteiger partial charge in [-0.1, -0.05) is 5.92 Å². The zero-order chi connectivity index (χ0) is 11.6. The van der Waals surface area contributed by atoms with Gasteiger partial charge >= 0.3 is 6.09 Å². The first-order valence-electron chi connectivity index (χ1n) is 4.97. The molecule has 0 unspecified atom stereocenters. The van der Waals surface area contributed by atoms with Gasteiger partial charge in [-0.15, -0.1) is 6.42 Å². The molecule has 1 saturated heterocycles. The molecular weight excluding hydrogens is 194 g/mol. The van der Waals surface area contributed by atoms with Crippen LogP contribution in [0.25, 0.3) is 0 Å². The van der Waals surface area contributed by atoms with Crippen molar-refractivity contribution in [1.29, 1.82) is 0 Å². The highest BCUT2D eigenvalue weighted by molar-refractivity contribution is 5.69. The first kappa shape index (κ1) is 11.9. The fraction of sp³-hybridized carbons (Fsp3) is 0.727. The molecule has 2 atom stereocenters. The van der Waals surface area contributed by atoms with Gasteiger partial charge in [-0.3, -0.25) is 4.90 Å². The van der Waals surface area contributed by atoms with Gasteiger partial charge in [-0.2, -0.15) is 0 Å². The van der Waals surface area contributed by atoms with Crippen molar-refractivity contribution >= 4 is 6.09 Å². The standard InChI is InChI=1S/C11H17NO3/c1-5-8-6-9(13)7-12(8)10(14)15-11(2,3)4/h1,8-9,13H,6-7H2,2-4H3/t8-,9-/m1/s1. The van der Waals surface area contributed by atoms with Gasteiger partial charge < -0.3 is 9.84 Å². The number of carbonyl (C=O) groups is 1. The summed E-state index contributed by atoms with van der Waals surface area (Å²) in [5, 5.41) is 9.40. The average molecular weight is 211 g/mol. The maximum Gasteiger partial charge on any atom is 0.411 e. The van der Waals surface area contributed by atoms with Gasteiger partial charge in [0.05, 0.1) is 18.7 Å². The van der Waals surface area contributed by atoms with Crippen LogP contribution in [0.1, 0.15) is 27.2 Å². The number of aliphatic hydroxyl groups is 1. The second-order valence-electron chi connectivity index (χ2n) is 4.70. The number of ether oxygens (including phenoxy) is 1. The number of terminal acetylenes is 1. The number of hydrogen-bond acceptors (Lipinski definition) is 3. The van der Waals surface area contributed by atoms with E-state index in [2.05, 4.69) is 5.92 Å². The van der Waals surface area contributed by atoms with Crippen LogP contribution in [0.5, 0.6) is 0 Å². The van der Waals surface area contributed by atoms with Crippen LogP contribution in [0.15, 0.2) is 0 Å². The van der Waals surface area contributed by atoms with Crippen LogP contribution in [-0.2, 0) is 4.74 Å². The van der Waals surface area contributed by atoms with Crippen molar-refractivity contribution in [3.8, 4) is 12.3 Å². The van der Waals surface area contributed by atoms with Crippen LogP contribution in [0.2, 0.25) is 0 Å². The van der Waals surface area contributed by atoms with E-state index in [1.54, 1.807) is 20.8 Å². The van der Waals surface area contributed by atoms with Crippen molar-refractivity contribution in [2.45, 2.75) is 44.9 Å². The molecule has 0 aromatic carbocycles. The number of hydrogen-bond donors (Lipinski definition) is 1. The summed E-state index contributed by atoms with van der Waals surface area (Å²) in [6.07, 6.45) is 4.70. The Morgan fingerprint density at radius 1 is 1.60 bits per heavy atom. The Morgan fingerprint density at radius 3 is 2.67 bits per heavy atom. The number of rotatable bonds is 0. The lowest BCUT2D eigenvalue weighted by Gasteiger charge is -2.26. The van der Waals surface area contributed by atoms with Gasteiger partial charge in [0.15, 0.2) is 0 Å². The summed E-state index contributed by atoms with van der Waals surface area (Å²) in [4.78, 5) is 13.1. The Balaban J connectivity index is 2.64. The molecule has 0 saturated carbocycles. The predicted molar refractivity (Wildman–Crippen MR) is 56.2 cm³/mol. The molecule has 0 spiro atoms. The van der Waals surface area contributed by atoms with Gasteiger partial charge in [0, 0.05) is 6.42 Å². The molecule has 0 radical (unpaired) electrons. The van der Waals surface area contributed by atoms with Crippen molar-refractivity contribution in [3.63, 3.8) is 0 Å². The molecule has 1 rings (SSSR count). The third-order valence-electron chi connectivity index (χ3n) is 2.10. The second kappa shape index (κ2) is 4.11. The lowest BCUT2D eigenvalue weighted by atomic mass is 10.2. The summed E-state index contributed by atoms with van der Waals surface area (Å²) in [6.45, 7) is 5.64. The van der Waals surface area contributed by atoms with Crippen molar-refractivity contribution in [2.75, 3.05) is 6.54 Å². The molecule has 1 fully saturated rings. The Hall–Kier alpha value is -1.21. The van der Waals surface area contributed by atoms with E-state index in [-0.39, 0.29) is 12.6 Å². The third-order valence-corrected chi connectivity index (χ3v) is 2.10. The van der Waals surface area contributed by atoms with Gasteiger partial charge in [0.25, 0.3) is 0 Å². The number of β-amino-alcohol motifs (C(OH)–C–C–N with tert-alkyl or cyclic N) is 1. The molecule has 1 aliphatic rings. The molecule has 15 heavy (non-hydrogen) atoms. The van der Waals surface area contributed by atoms with E-state index in [1.165, 1.54) is 4.90 Å².